The Labute approximate surface area is 152 Å². The van der Waals surface area contributed by atoms with Crippen LogP contribution in [0.15, 0.2) is 24.3 Å². The zero-order valence-electron chi connectivity index (χ0n) is 14.9. The summed E-state index contributed by atoms with van der Waals surface area (Å²) in [5, 5.41) is 0. The molecule has 0 aromatic heterocycles. The molecule has 0 N–H and O–H groups in total. The number of rotatable bonds is 4. The maximum Gasteiger partial charge on any atom is 0.261 e. The number of nitrogens with zero attached hydrogens (tertiary/aromatic N) is 3. The van der Waals surface area contributed by atoms with Crippen LogP contribution in [-0.4, -0.2) is 71.1 Å². The summed E-state index contributed by atoms with van der Waals surface area (Å²) in [6.45, 7) is 4.19. The Hall–Kier alpha value is -2.70. The Bertz CT molecular complexity index is 711. The van der Waals surface area contributed by atoms with E-state index in [1.54, 1.807) is 34.1 Å². The minimum Gasteiger partial charge on any atom is -0.341 e. The van der Waals surface area contributed by atoms with E-state index >= 15 is 0 Å². The van der Waals surface area contributed by atoms with E-state index < -0.39 is 0 Å². The third kappa shape index (κ3) is 3.47. The summed E-state index contributed by atoms with van der Waals surface area (Å²) >= 11 is 0. The molecule has 1 fully saturated rings. The standard InChI is InChI=1S/C19H23N3O4/c1-2-16(23)20-9-5-10-21(13-12-20)17(24)8-11-22-18(25)14-6-3-4-7-15(14)19(22)26/h3-4,6-7H,2,5,8-13H2,1H3. The van der Waals surface area contributed by atoms with Gasteiger partial charge >= 0.3 is 0 Å². The summed E-state index contributed by atoms with van der Waals surface area (Å²) in [7, 11) is 0. The Balaban J connectivity index is 1.56. The molecule has 26 heavy (non-hydrogen) atoms. The highest BCUT2D eigenvalue weighted by molar-refractivity contribution is 6.21. The number of carbonyl (C=O) groups excluding carboxylic acids is 4. The van der Waals surface area contributed by atoms with Gasteiger partial charge in [0.1, 0.15) is 0 Å². The first-order valence-corrected chi connectivity index (χ1v) is 9.03. The fraction of sp³-hybridized carbons (Fsp3) is 0.474. The first-order chi connectivity index (χ1) is 12.5. The lowest BCUT2D eigenvalue weighted by atomic mass is 10.1. The molecule has 138 valence electrons. The quantitative estimate of drug-likeness (QED) is 0.757. The molecule has 2 aliphatic heterocycles. The lowest BCUT2D eigenvalue weighted by Crippen LogP contribution is -2.39. The van der Waals surface area contributed by atoms with E-state index in [0.717, 1.165) is 11.3 Å². The van der Waals surface area contributed by atoms with Crippen molar-refractivity contribution in [1.82, 2.24) is 14.7 Å². The molecular formula is C19H23N3O4. The van der Waals surface area contributed by atoms with E-state index in [1.165, 1.54) is 0 Å². The van der Waals surface area contributed by atoms with Crippen LogP contribution in [-0.2, 0) is 9.59 Å². The number of imide groups is 1. The van der Waals surface area contributed by atoms with Crippen molar-refractivity contribution in [3.63, 3.8) is 0 Å². The Kier molecular flexibility index (Phi) is 5.35. The normalized spacial score (nSPS) is 17.3. The lowest BCUT2D eigenvalue weighted by Gasteiger charge is -2.23. The van der Waals surface area contributed by atoms with Crippen LogP contribution in [0.25, 0.3) is 0 Å². The van der Waals surface area contributed by atoms with E-state index in [9.17, 15) is 19.2 Å². The van der Waals surface area contributed by atoms with Gasteiger partial charge in [0.15, 0.2) is 0 Å². The molecule has 0 spiro atoms. The van der Waals surface area contributed by atoms with E-state index in [0.29, 0.717) is 43.7 Å². The van der Waals surface area contributed by atoms with Crippen molar-refractivity contribution in [1.29, 1.82) is 0 Å². The summed E-state index contributed by atoms with van der Waals surface area (Å²) in [4.78, 5) is 53.7. The molecule has 4 amide bonds. The van der Waals surface area contributed by atoms with Gasteiger partial charge in [0, 0.05) is 45.6 Å². The van der Waals surface area contributed by atoms with Gasteiger partial charge in [0.25, 0.3) is 11.8 Å². The van der Waals surface area contributed by atoms with Crippen molar-refractivity contribution in [2.24, 2.45) is 0 Å². The van der Waals surface area contributed by atoms with E-state index in [4.69, 9.17) is 0 Å². The van der Waals surface area contributed by atoms with Crippen LogP contribution in [0.2, 0.25) is 0 Å². The second-order valence-electron chi connectivity index (χ2n) is 6.53. The zero-order chi connectivity index (χ0) is 18.7. The molecule has 7 heteroatoms. The molecule has 3 rings (SSSR count). The van der Waals surface area contributed by atoms with Crippen molar-refractivity contribution in [2.75, 3.05) is 32.7 Å². The molecule has 2 heterocycles. The van der Waals surface area contributed by atoms with Gasteiger partial charge in [-0.2, -0.15) is 0 Å². The minimum atomic E-state index is -0.339. The van der Waals surface area contributed by atoms with Crippen LogP contribution in [0.3, 0.4) is 0 Å². The fourth-order valence-corrected chi connectivity index (χ4v) is 3.45. The smallest absolute Gasteiger partial charge is 0.261 e. The van der Waals surface area contributed by atoms with Crippen LogP contribution < -0.4 is 0 Å². The molecule has 0 radical (unpaired) electrons. The topological polar surface area (TPSA) is 78.0 Å². The number of hydrogen-bond acceptors (Lipinski definition) is 4. The van der Waals surface area contributed by atoms with Crippen LogP contribution in [0.1, 0.15) is 46.9 Å². The van der Waals surface area contributed by atoms with Crippen molar-refractivity contribution < 1.29 is 19.2 Å². The number of fused-ring (bicyclic) bond motifs is 1. The Morgan fingerprint density at radius 3 is 1.96 bits per heavy atom. The monoisotopic (exact) mass is 357 g/mol. The average Bonchev–Trinajstić information content (AvgIpc) is 2.84. The number of hydrogen-bond donors (Lipinski definition) is 0. The molecular weight excluding hydrogens is 334 g/mol. The van der Waals surface area contributed by atoms with Gasteiger partial charge in [-0.15, -0.1) is 0 Å². The molecule has 0 bridgehead atoms. The van der Waals surface area contributed by atoms with Gasteiger partial charge < -0.3 is 9.80 Å². The summed E-state index contributed by atoms with van der Waals surface area (Å²) < 4.78 is 0. The SMILES string of the molecule is CCC(=O)N1CCCN(C(=O)CCN2C(=O)c3ccccc3C2=O)CC1. The van der Waals surface area contributed by atoms with Gasteiger partial charge in [0.05, 0.1) is 11.1 Å². The minimum absolute atomic E-state index is 0.0826. The molecule has 2 aliphatic rings. The zero-order valence-corrected chi connectivity index (χ0v) is 14.9. The van der Waals surface area contributed by atoms with Gasteiger partial charge in [-0.25, -0.2) is 0 Å². The van der Waals surface area contributed by atoms with E-state index in [1.807, 2.05) is 6.92 Å². The summed E-state index contributed by atoms with van der Waals surface area (Å²) in [6.07, 6.45) is 1.31. The molecule has 0 saturated carbocycles. The maximum atomic E-state index is 12.5. The first-order valence-electron chi connectivity index (χ1n) is 9.03. The summed E-state index contributed by atoms with van der Waals surface area (Å²) in [5.41, 5.74) is 0.793. The van der Waals surface area contributed by atoms with Crippen molar-refractivity contribution >= 4 is 23.6 Å². The number of benzene rings is 1. The number of amides is 4. The van der Waals surface area contributed by atoms with E-state index in [-0.39, 0.29) is 36.6 Å². The first kappa shape index (κ1) is 18.1. The van der Waals surface area contributed by atoms with Gasteiger partial charge in [-0.05, 0) is 18.6 Å². The number of carbonyl (C=O) groups is 4. The third-order valence-corrected chi connectivity index (χ3v) is 4.93. The summed E-state index contributed by atoms with van der Waals surface area (Å²) in [5.74, 6) is -0.666. The van der Waals surface area contributed by atoms with Gasteiger partial charge in [-0.3, -0.25) is 24.1 Å². The predicted octanol–water partition coefficient (Wildman–Crippen LogP) is 1.14. The van der Waals surface area contributed by atoms with Crippen molar-refractivity contribution in [3.8, 4) is 0 Å². The Morgan fingerprint density at radius 2 is 1.42 bits per heavy atom. The van der Waals surface area contributed by atoms with Crippen LogP contribution >= 0.6 is 0 Å². The summed E-state index contributed by atoms with van der Waals surface area (Å²) in [6, 6.07) is 6.70. The molecule has 0 aliphatic carbocycles. The van der Waals surface area contributed by atoms with E-state index in [2.05, 4.69) is 0 Å². The third-order valence-electron chi connectivity index (χ3n) is 4.93. The van der Waals surface area contributed by atoms with Crippen molar-refractivity contribution in [3.05, 3.63) is 35.4 Å². The molecule has 0 atom stereocenters. The molecule has 1 saturated heterocycles. The van der Waals surface area contributed by atoms with Crippen LogP contribution in [0.4, 0.5) is 0 Å². The van der Waals surface area contributed by atoms with Gasteiger partial charge in [0.2, 0.25) is 11.8 Å². The van der Waals surface area contributed by atoms with Crippen LogP contribution in [0.5, 0.6) is 0 Å². The molecule has 0 unspecified atom stereocenters. The Morgan fingerprint density at radius 1 is 0.885 bits per heavy atom. The average molecular weight is 357 g/mol. The highest BCUT2D eigenvalue weighted by atomic mass is 16.2. The highest BCUT2D eigenvalue weighted by Crippen LogP contribution is 2.22. The predicted molar refractivity (Wildman–Crippen MR) is 94.5 cm³/mol. The maximum absolute atomic E-state index is 12.5. The highest BCUT2D eigenvalue weighted by Gasteiger charge is 2.35. The second kappa shape index (κ2) is 7.68. The second-order valence-corrected chi connectivity index (χ2v) is 6.53. The lowest BCUT2D eigenvalue weighted by molar-refractivity contribution is -0.133. The largest absolute Gasteiger partial charge is 0.341 e. The molecule has 7 nitrogen and oxygen atoms in total. The van der Waals surface area contributed by atoms with Gasteiger partial charge in [-0.1, -0.05) is 19.1 Å². The van der Waals surface area contributed by atoms with Crippen LogP contribution in [0, 0.1) is 0 Å². The fourth-order valence-electron chi connectivity index (χ4n) is 3.45. The molecule has 1 aromatic carbocycles. The van der Waals surface area contributed by atoms with Crippen molar-refractivity contribution in [2.45, 2.75) is 26.2 Å². The molecule has 1 aromatic rings.